The number of likely N-dealkylation sites (tertiary alicyclic amines) is 1. The third kappa shape index (κ3) is 4.95. The Morgan fingerprint density at radius 1 is 1.18 bits per heavy atom. The van der Waals surface area contributed by atoms with Gasteiger partial charge < -0.3 is 36.2 Å². The zero-order valence-corrected chi connectivity index (χ0v) is 23.7. The summed E-state index contributed by atoms with van der Waals surface area (Å²) in [6.45, 7) is 1.14. The van der Waals surface area contributed by atoms with Gasteiger partial charge in [0.2, 0.25) is 11.7 Å². The van der Waals surface area contributed by atoms with E-state index in [4.69, 9.17) is 5.73 Å². The smallest absolute Gasteiger partial charge is 0.508 e. The van der Waals surface area contributed by atoms with Crippen LogP contribution in [-0.2, 0) is 25.6 Å². The molecule has 13 nitrogen and oxygen atoms in total. The monoisotopic (exact) mass is 624 g/mol. The van der Waals surface area contributed by atoms with Crippen LogP contribution in [0.1, 0.15) is 30.4 Å². The number of likely N-dealkylation sites (N-methyl/N-ethyl adjacent to an activating group) is 1. The number of benzene rings is 1. The molecule has 4 atom stereocenters. The van der Waals surface area contributed by atoms with Crippen LogP contribution in [0.3, 0.4) is 0 Å². The normalized spacial score (nSPS) is 27.3. The molecule has 3 aliphatic carbocycles. The fraction of sp³-hybridized carbons (Fsp3) is 0.500. The Bertz CT molecular complexity index is 1530. The number of hydrogen-bond acceptors (Lipinski definition) is 11. The average Bonchev–Trinajstić information content (AvgIpc) is 3.40. The van der Waals surface area contributed by atoms with Crippen molar-refractivity contribution in [1.82, 2.24) is 9.80 Å². The van der Waals surface area contributed by atoms with Gasteiger partial charge in [0, 0.05) is 23.1 Å². The van der Waals surface area contributed by atoms with Crippen molar-refractivity contribution in [2.45, 2.75) is 43.7 Å². The van der Waals surface area contributed by atoms with Crippen LogP contribution in [-0.4, -0.2) is 105 Å². The highest BCUT2D eigenvalue weighted by atomic mass is 19.4. The number of fused-ring (bicyclic) bond motifs is 3. The number of primary amides is 1. The van der Waals surface area contributed by atoms with Crippen molar-refractivity contribution in [3.05, 3.63) is 34.1 Å². The number of ketones is 2. The van der Waals surface area contributed by atoms with Crippen LogP contribution in [0.15, 0.2) is 23.0 Å². The highest BCUT2D eigenvalue weighted by Gasteiger charge is 2.64. The summed E-state index contributed by atoms with van der Waals surface area (Å²) in [7, 11) is 2.83. The summed E-state index contributed by atoms with van der Waals surface area (Å²) in [6.07, 6.45) is -4.26. The van der Waals surface area contributed by atoms with Crippen LogP contribution in [0.2, 0.25) is 0 Å². The molecule has 16 heteroatoms. The fourth-order valence-corrected chi connectivity index (χ4v) is 6.92. The predicted molar refractivity (Wildman–Crippen MR) is 145 cm³/mol. The maximum absolute atomic E-state index is 14.0. The molecule has 1 aromatic carbocycles. The number of nitrogens with one attached hydrogen (secondary N) is 1. The second-order valence-corrected chi connectivity index (χ2v) is 11.7. The molecule has 2 fully saturated rings. The summed E-state index contributed by atoms with van der Waals surface area (Å²) in [5.74, 6) is -11.0. The molecule has 7 N–H and O–H groups in total. The Labute approximate surface area is 248 Å². The summed E-state index contributed by atoms with van der Waals surface area (Å²) in [5, 5.41) is 47.4. The Morgan fingerprint density at radius 2 is 1.82 bits per heavy atom. The summed E-state index contributed by atoms with van der Waals surface area (Å²) < 4.78 is 44.8. The van der Waals surface area contributed by atoms with Crippen LogP contribution in [0, 0.1) is 11.8 Å². The summed E-state index contributed by atoms with van der Waals surface area (Å²) >= 11 is 0. The highest BCUT2D eigenvalue weighted by Crippen LogP contribution is 2.55. The van der Waals surface area contributed by atoms with Gasteiger partial charge in [0.25, 0.3) is 5.91 Å². The second kappa shape index (κ2) is 10.8. The minimum absolute atomic E-state index is 0.117. The SMILES string of the molecule is CN(C)[C@@H]1C(=O)C(C(N)=O)=C(O)[C@@]2(O)C(=O)C3=C(O)c4c(O)c(NC(=O)CN5CCCC5)cc(OC(F)(F)F)c4C[C@H]3C[C@@H]12. The largest absolute Gasteiger partial charge is 0.573 e. The lowest BCUT2D eigenvalue weighted by Crippen LogP contribution is -2.65. The van der Waals surface area contributed by atoms with Crippen LogP contribution in [0.25, 0.3) is 5.76 Å². The molecule has 0 spiro atoms. The summed E-state index contributed by atoms with van der Waals surface area (Å²) in [5.41, 5.74) is -0.724. The van der Waals surface area contributed by atoms with E-state index in [1.54, 1.807) is 4.90 Å². The Morgan fingerprint density at radius 3 is 2.39 bits per heavy atom. The van der Waals surface area contributed by atoms with Crippen molar-refractivity contribution >= 4 is 34.8 Å². The summed E-state index contributed by atoms with van der Waals surface area (Å²) in [4.78, 5) is 55.0. The van der Waals surface area contributed by atoms with Crippen LogP contribution < -0.4 is 15.8 Å². The van der Waals surface area contributed by atoms with Gasteiger partial charge in [-0.05, 0) is 58.8 Å². The molecule has 0 radical (unpaired) electrons. The molecular formula is C28H31F3N4O9. The number of carbonyl (C=O) groups excluding carboxylic acids is 4. The quantitative estimate of drug-likeness (QED) is 0.194. The van der Waals surface area contributed by atoms with Gasteiger partial charge in [-0.15, -0.1) is 13.2 Å². The first-order valence-electron chi connectivity index (χ1n) is 13.8. The van der Waals surface area contributed by atoms with E-state index in [-0.39, 0.29) is 18.5 Å². The van der Waals surface area contributed by atoms with E-state index in [2.05, 4.69) is 10.1 Å². The number of ether oxygens (including phenoxy) is 1. The lowest BCUT2D eigenvalue weighted by Gasteiger charge is -2.50. The number of nitrogens with zero attached hydrogens (tertiary/aromatic N) is 2. The van der Waals surface area contributed by atoms with Gasteiger partial charge in [-0.1, -0.05) is 0 Å². The first-order valence-corrected chi connectivity index (χ1v) is 13.8. The van der Waals surface area contributed by atoms with Gasteiger partial charge in [-0.3, -0.25) is 29.0 Å². The maximum Gasteiger partial charge on any atom is 0.573 e. The molecule has 0 unspecified atom stereocenters. The number of phenols is 1. The summed E-state index contributed by atoms with van der Waals surface area (Å²) in [6, 6.07) is -0.594. The molecule has 1 aromatic rings. The van der Waals surface area contributed by atoms with Crippen molar-refractivity contribution < 1.29 is 57.5 Å². The van der Waals surface area contributed by atoms with Gasteiger partial charge in [-0.25, -0.2) is 0 Å². The lowest BCUT2D eigenvalue weighted by atomic mass is 9.57. The molecule has 1 aliphatic heterocycles. The zero-order chi connectivity index (χ0) is 32.5. The lowest BCUT2D eigenvalue weighted by molar-refractivity contribution is -0.275. The molecule has 5 rings (SSSR count). The van der Waals surface area contributed by atoms with Gasteiger partial charge in [0.15, 0.2) is 17.1 Å². The number of alkyl halides is 3. The molecule has 0 bridgehead atoms. The van der Waals surface area contributed by atoms with E-state index >= 15 is 0 Å². The highest BCUT2D eigenvalue weighted by molar-refractivity contribution is 6.24. The van der Waals surface area contributed by atoms with E-state index in [1.807, 2.05) is 0 Å². The molecular weight excluding hydrogens is 593 g/mol. The van der Waals surface area contributed by atoms with Crippen LogP contribution in [0.5, 0.6) is 11.5 Å². The molecule has 1 heterocycles. The number of aliphatic hydroxyl groups excluding tert-OH is 2. The Balaban J connectivity index is 1.66. The number of nitrogens with two attached hydrogens (primary N) is 1. The molecule has 4 aliphatic rings. The third-order valence-electron chi connectivity index (χ3n) is 8.75. The third-order valence-corrected chi connectivity index (χ3v) is 8.75. The molecule has 238 valence electrons. The number of aromatic hydroxyl groups is 1. The van der Waals surface area contributed by atoms with E-state index in [9.17, 15) is 52.8 Å². The number of rotatable bonds is 6. The molecule has 44 heavy (non-hydrogen) atoms. The average molecular weight is 625 g/mol. The first kappa shape index (κ1) is 31.3. The van der Waals surface area contributed by atoms with E-state index in [0.29, 0.717) is 13.1 Å². The maximum atomic E-state index is 14.0. The minimum atomic E-state index is -5.22. The number of hydrogen-bond donors (Lipinski definition) is 6. The van der Waals surface area contributed by atoms with E-state index in [0.717, 1.165) is 18.9 Å². The van der Waals surface area contributed by atoms with Crippen molar-refractivity contribution in [2.24, 2.45) is 17.6 Å². The first-order chi connectivity index (χ1) is 20.5. The second-order valence-electron chi connectivity index (χ2n) is 11.7. The van der Waals surface area contributed by atoms with Crippen molar-refractivity contribution in [3.8, 4) is 11.5 Å². The number of anilines is 1. The zero-order valence-electron chi connectivity index (χ0n) is 23.7. The molecule has 1 saturated heterocycles. The number of carbonyl (C=O) groups is 4. The van der Waals surface area contributed by atoms with Crippen molar-refractivity contribution in [2.75, 3.05) is 39.0 Å². The number of aliphatic hydroxyl groups is 3. The molecule has 2 amide bonds. The number of amides is 2. The molecule has 1 saturated carbocycles. The number of Topliss-reactive ketones (excluding diaryl/α,β-unsaturated/α-hetero) is 2. The topological polar surface area (TPSA) is 203 Å². The van der Waals surface area contributed by atoms with E-state index < -0.39 is 105 Å². The van der Waals surface area contributed by atoms with Gasteiger partial charge in [0.1, 0.15) is 22.8 Å². The number of halogens is 3. The number of phenolic OH excluding ortho intramolecular Hbond substituents is 1. The minimum Gasteiger partial charge on any atom is -0.508 e. The van der Waals surface area contributed by atoms with Gasteiger partial charge in [0.05, 0.1) is 23.8 Å². The van der Waals surface area contributed by atoms with Crippen LogP contribution >= 0.6 is 0 Å². The van der Waals surface area contributed by atoms with Crippen molar-refractivity contribution in [3.63, 3.8) is 0 Å². The van der Waals surface area contributed by atoms with Gasteiger partial charge >= 0.3 is 6.36 Å². The van der Waals surface area contributed by atoms with Crippen molar-refractivity contribution in [1.29, 1.82) is 0 Å². The molecule has 0 aromatic heterocycles. The predicted octanol–water partition coefficient (Wildman–Crippen LogP) is 0.897. The Kier molecular flexibility index (Phi) is 7.66. The Hall–Kier alpha value is -4.15. The van der Waals surface area contributed by atoms with Crippen LogP contribution in [0.4, 0.5) is 18.9 Å². The standard InChI is InChI=1S/C28H31F3N4O9/c1-34(2)20-13-8-11-7-12-15(44-28(29,30)31)9-14(33-16(36)10-35-5-3-4-6-35)21(37)18(12)22(38)17(11)24(40)27(13,43)25(41)19(23(20)39)26(32)42/h9,11,13,20,37-38,41,43H,3-8,10H2,1-2H3,(H2,32,42)(H,33,36)/t11-,13-,20-,27-/m0/s1. The van der Waals surface area contributed by atoms with E-state index in [1.165, 1.54) is 19.0 Å². The fourth-order valence-electron chi connectivity index (χ4n) is 6.92. The van der Waals surface area contributed by atoms with Gasteiger partial charge in [-0.2, -0.15) is 0 Å².